The summed E-state index contributed by atoms with van der Waals surface area (Å²) in [5.41, 5.74) is 0.202. The molecule has 0 aromatic heterocycles. The summed E-state index contributed by atoms with van der Waals surface area (Å²) >= 11 is 11.8. The number of benzene rings is 3. The summed E-state index contributed by atoms with van der Waals surface area (Å²) < 4.78 is 38.5. The minimum Gasteiger partial charge on any atom is -0.376 e. The molecular weight excluding hydrogens is 466 g/mol. The molecule has 0 bridgehead atoms. The van der Waals surface area contributed by atoms with Crippen LogP contribution in [0.15, 0.2) is 66.7 Å². The van der Waals surface area contributed by atoms with Gasteiger partial charge in [-0.2, -0.15) is 13.2 Å². The fourth-order valence-electron chi connectivity index (χ4n) is 2.76. The molecule has 3 aromatic carbocycles. The lowest BCUT2D eigenvalue weighted by Gasteiger charge is -2.11. The third-order valence-corrected chi connectivity index (χ3v) is 4.61. The molecule has 5 nitrogen and oxygen atoms in total. The summed E-state index contributed by atoms with van der Waals surface area (Å²) in [4.78, 5) is 24.7. The van der Waals surface area contributed by atoms with Gasteiger partial charge in [0.05, 0.1) is 12.1 Å². The Morgan fingerprint density at radius 1 is 0.781 bits per heavy atom. The Morgan fingerprint density at radius 3 is 2.06 bits per heavy atom. The van der Waals surface area contributed by atoms with Gasteiger partial charge in [0.25, 0.3) is 5.91 Å². The van der Waals surface area contributed by atoms with E-state index in [1.807, 2.05) is 0 Å². The first-order valence-electron chi connectivity index (χ1n) is 9.19. The molecule has 0 atom stereocenters. The maximum absolute atomic E-state index is 12.8. The van der Waals surface area contributed by atoms with Crippen molar-refractivity contribution in [2.24, 2.45) is 0 Å². The van der Waals surface area contributed by atoms with Crippen LogP contribution in [-0.4, -0.2) is 18.4 Å². The standard InChI is InChI=1S/C22H16Cl2F3N3O2/c23-15-9-16(24)11-19(10-15)28-12-20(31)29-17-5-1-3-13(7-17)21(32)30-18-6-2-4-14(8-18)22(25,26)27/h1-11,28H,12H2,(H,29,31)(H,30,32). The normalized spacial score (nSPS) is 11.0. The van der Waals surface area contributed by atoms with E-state index in [-0.39, 0.29) is 17.8 Å². The van der Waals surface area contributed by atoms with Crippen LogP contribution < -0.4 is 16.0 Å². The molecule has 0 radical (unpaired) electrons. The zero-order valence-corrected chi connectivity index (χ0v) is 17.8. The average Bonchev–Trinajstić information content (AvgIpc) is 2.71. The van der Waals surface area contributed by atoms with Gasteiger partial charge >= 0.3 is 6.18 Å². The number of nitrogens with one attached hydrogen (secondary N) is 3. The van der Waals surface area contributed by atoms with Gasteiger partial charge in [-0.15, -0.1) is 0 Å². The SMILES string of the molecule is O=C(CNc1cc(Cl)cc(Cl)c1)Nc1cccc(C(=O)Nc2cccc(C(F)(F)F)c2)c1. The number of amides is 2. The number of hydrogen-bond donors (Lipinski definition) is 3. The molecule has 10 heteroatoms. The molecular formula is C22H16Cl2F3N3O2. The van der Waals surface area contributed by atoms with Gasteiger partial charge < -0.3 is 16.0 Å². The van der Waals surface area contributed by atoms with Crippen molar-refractivity contribution in [1.82, 2.24) is 0 Å². The van der Waals surface area contributed by atoms with Crippen LogP contribution >= 0.6 is 23.2 Å². The van der Waals surface area contributed by atoms with Crippen LogP contribution in [0.3, 0.4) is 0 Å². The maximum atomic E-state index is 12.8. The van der Waals surface area contributed by atoms with Crippen molar-refractivity contribution in [3.05, 3.63) is 87.9 Å². The third-order valence-electron chi connectivity index (χ3n) is 4.17. The third kappa shape index (κ3) is 6.63. The maximum Gasteiger partial charge on any atom is 0.416 e. The van der Waals surface area contributed by atoms with E-state index < -0.39 is 23.6 Å². The lowest BCUT2D eigenvalue weighted by molar-refractivity contribution is -0.137. The summed E-state index contributed by atoms with van der Waals surface area (Å²) in [6, 6.07) is 15.1. The predicted octanol–water partition coefficient (Wildman–Crippen LogP) is 6.32. The molecule has 2 amide bonds. The second-order valence-electron chi connectivity index (χ2n) is 6.67. The molecule has 166 valence electrons. The van der Waals surface area contributed by atoms with Crippen molar-refractivity contribution in [2.45, 2.75) is 6.18 Å². The highest BCUT2D eigenvalue weighted by Gasteiger charge is 2.30. The summed E-state index contributed by atoms with van der Waals surface area (Å²) in [5, 5.41) is 8.77. The van der Waals surface area contributed by atoms with Crippen molar-refractivity contribution in [2.75, 3.05) is 22.5 Å². The zero-order chi connectivity index (χ0) is 23.3. The molecule has 0 aliphatic carbocycles. The summed E-state index contributed by atoms with van der Waals surface area (Å²) in [6.45, 7) is -0.0860. The average molecular weight is 482 g/mol. The van der Waals surface area contributed by atoms with Crippen LogP contribution in [0.25, 0.3) is 0 Å². The molecule has 0 unspecified atom stereocenters. The fourth-order valence-corrected chi connectivity index (χ4v) is 3.28. The Morgan fingerprint density at radius 2 is 1.41 bits per heavy atom. The van der Waals surface area contributed by atoms with E-state index in [4.69, 9.17) is 23.2 Å². The Labute approximate surface area is 191 Å². The largest absolute Gasteiger partial charge is 0.416 e. The molecule has 3 rings (SSSR count). The molecule has 3 N–H and O–H groups in total. The topological polar surface area (TPSA) is 70.2 Å². The summed E-state index contributed by atoms with van der Waals surface area (Å²) in [6.07, 6.45) is -4.52. The Hall–Kier alpha value is -3.23. The van der Waals surface area contributed by atoms with Crippen LogP contribution in [0.2, 0.25) is 10.0 Å². The van der Waals surface area contributed by atoms with E-state index in [9.17, 15) is 22.8 Å². The molecule has 0 fully saturated rings. The quantitative estimate of drug-likeness (QED) is 0.386. The number of alkyl halides is 3. The van der Waals surface area contributed by atoms with Crippen LogP contribution in [0.5, 0.6) is 0 Å². The first-order chi connectivity index (χ1) is 15.1. The molecule has 3 aromatic rings. The van der Waals surface area contributed by atoms with Gasteiger partial charge in [0.15, 0.2) is 0 Å². The minimum atomic E-state index is -4.52. The number of anilines is 3. The van der Waals surface area contributed by atoms with Gasteiger partial charge in [-0.25, -0.2) is 0 Å². The number of hydrogen-bond acceptors (Lipinski definition) is 3. The molecule has 0 spiro atoms. The van der Waals surface area contributed by atoms with Crippen LogP contribution in [0, 0.1) is 0 Å². The van der Waals surface area contributed by atoms with Crippen molar-refractivity contribution < 1.29 is 22.8 Å². The van der Waals surface area contributed by atoms with Crippen LogP contribution in [0.4, 0.5) is 30.2 Å². The highest BCUT2D eigenvalue weighted by atomic mass is 35.5. The smallest absolute Gasteiger partial charge is 0.376 e. The highest BCUT2D eigenvalue weighted by molar-refractivity contribution is 6.35. The number of halogens is 5. The van der Waals surface area contributed by atoms with E-state index >= 15 is 0 Å². The second kappa shape index (κ2) is 9.93. The van der Waals surface area contributed by atoms with Crippen molar-refractivity contribution in [1.29, 1.82) is 0 Å². The first-order valence-corrected chi connectivity index (χ1v) is 9.94. The second-order valence-corrected chi connectivity index (χ2v) is 7.55. The summed E-state index contributed by atoms with van der Waals surface area (Å²) in [5.74, 6) is -1.01. The molecule has 0 heterocycles. The van der Waals surface area contributed by atoms with E-state index in [1.54, 1.807) is 30.3 Å². The Kier molecular flexibility index (Phi) is 7.27. The van der Waals surface area contributed by atoms with Crippen molar-refractivity contribution in [3.63, 3.8) is 0 Å². The highest BCUT2D eigenvalue weighted by Crippen LogP contribution is 2.30. The van der Waals surface area contributed by atoms with Crippen molar-refractivity contribution >= 4 is 52.1 Å². The van der Waals surface area contributed by atoms with E-state index in [2.05, 4.69) is 16.0 Å². The van der Waals surface area contributed by atoms with Gasteiger partial charge in [0.2, 0.25) is 5.91 Å². The lowest BCUT2D eigenvalue weighted by atomic mass is 10.1. The minimum absolute atomic E-state index is 0.00338. The van der Waals surface area contributed by atoms with Gasteiger partial charge in [-0.3, -0.25) is 9.59 Å². The van der Waals surface area contributed by atoms with E-state index in [0.29, 0.717) is 21.4 Å². The Balaban J connectivity index is 1.62. The van der Waals surface area contributed by atoms with E-state index in [1.165, 1.54) is 24.3 Å². The molecule has 0 aliphatic heterocycles. The molecule has 0 aliphatic rings. The number of carbonyl (C=O) groups excluding carboxylic acids is 2. The molecule has 32 heavy (non-hydrogen) atoms. The van der Waals surface area contributed by atoms with Crippen molar-refractivity contribution in [3.8, 4) is 0 Å². The van der Waals surface area contributed by atoms with Gasteiger partial charge in [-0.05, 0) is 54.6 Å². The van der Waals surface area contributed by atoms with Gasteiger partial charge in [-0.1, -0.05) is 35.3 Å². The Bertz CT molecular complexity index is 1130. The molecule has 0 saturated carbocycles. The number of carbonyl (C=O) groups is 2. The fraction of sp³-hybridized carbons (Fsp3) is 0.0909. The first kappa shape index (κ1) is 23.4. The monoisotopic (exact) mass is 481 g/mol. The van der Waals surface area contributed by atoms with Crippen LogP contribution in [0.1, 0.15) is 15.9 Å². The van der Waals surface area contributed by atoms with E-state index in [0.717, 1.165) is 12.1 Å². The molecule has 0 saturated heterocycles. The van der Waals surface area contributed by atoms with Gasteiger partial charge in [0, 0.05) is 32.7 Å². The summed E-state index contributed by atoms with van der Waals surface area (Å²) in [7, 11) is 0. The number of rotatable bonds is 6. The lowest BCUT2D eigenvalue weighted by Crippen LogP contribution is -2.22. The van der Waals surface area contributed by atoms with Crippen LogP contribution in [-0.2, 0) is 11.0 Å². The van der Waals surface area contributed by atoms with Gasteiger partial charge in [0.1, 0.15) is 0 Å². The predicted molar refractivity (Wildman–Crippen MR) is 119 cm³/mol. The zero-order valence-electron chi connectivity index (χ0n) is 16.3.